The van der Waals surface area contributed by atoms with Crippen molar-refractivity contribution in [1.29, 1.82) is 0 Å². The van der Waals surface area contributed by atoms with E-state index >= 15 is 0 Å². The predicted octanol–water partition coefficient (Wildman–Crippen LogP) is 5.34. The first-order valence-corrected chi connectivity index (χ1v) is 14.7. The molecular weight excluding hydrogens is 534 g/mol. The molecule has 0 bridgehead atoms. The summed E-state index contributed by atoms with van der Waals surface area (Å²) in [5.41, 5.74) is 2.86. The molecule has 0 aromatic heterocycles. The van der Waals surface area contributed by atoms with Gasteiger partial charge in [-0.05, 0) is 74.2 Å². The van der Waals surface area contributed by atoms with Gasteiger partial charge in [0, 0.05) is 18.1 Å². The van der Waals surface area contributed by atoms with Crippen LogP contribution in [-0.2, 0) is 26.2 Å². The maximum atomic E-state index is 13.9. The summed E-state index contributed by atoms with van der Waals surface area (Å²) in [6.07, 6.45) is 0. The number of halogens is 1. The van der Waals surface area contributed by atoms with Crippen LogP contribution < -0.4 is 9.62 Å². The van der Waals surface area contributed by atoms with Gasteiger partial charge >= 0.3 is 0 Å². The van der Waals surface area contributed by atoms with Gasteiger partial charge in [0.05, 0.1) is 10.6 Å². The number of aryl methyl sites for hydroxylation is 2. The van der Waals surface area contributed by atoms with E-state index in [1.807, 2.05) is 39.8 Å². The van der Waals surface area contributed by atoms with Crippen LogP contribution in [0.4, 0.5) is 5.69 Å². The summed E-state index contributed by atoms with van der Waals surface area (Å²) >= 11 is 6.18. The smallest absolute Gasteiger partial charge is 0.264 e. The second-order valence-corrected chi connectivity index (χ2v) is 12.4. The summed E-state index contributed by atoms with van der Waals surface area (Å²) in [5, 5.41) is 3.38. The number of sulfonamides is 1. The molecule has 3 rings (SSSR count). The minimum atomic E-state index is -4.10. The lowest BCUT2D eigenvalue weighted by molar-refractivity contribution is -0.139. The molecule has 0 fully saturated rings. The largest absolute Gasteiger partial charge is 0.354 e. The number of nitrogens with one attached hydrogen (secondary N) is 1. The van der Waals surface area contributed by atoms with E-state index in [-0.39, 0.29) is 23.3 Å². The third kappa shape index (κ3) is 8.07. The van der Waals surface area contributed by atoms with Crippen molar-refractivity contribution in [1.82, 2.24) is 10.2 Å². The lowest BCUT2D eigenvalue weighted by Gasteiger charge is -2.32. The molecule has 0 spiro atoms. The second kappa shape index (κ2) is 13.1. The average molecular weight is 570 g/mol. The molecule has 3 aromatic carbocycles. The van der Waals surface area contributed by atoms with Crippen LogP contribution in [0, 0.1) is 19.8 Å². The van der Waals surface area contributed by atoms with E-state index in [1.54, 1.807) is 55.5 Å². The molecule has 0 aliphatic carbocycles. The van der Waals surface area contributed by atoms with Gasteiger partial charge in [-0.15, -0.1) is 0 Å². The molecule has 0 aliphatic rings. The molecule has 1 N–H and O–H groups in total. The molecular formula is C30H36ClN3O4S. The van der Waals surface area contributed by atoms with Gasteiger partial charge in [-0.1, -0.05) is 67.4 Å². The summed E-state index contributed by atoms with van der Waals surface area (Å²) in [6, 6.07) is 19.7. The van der Waals surface area contributed by atoms with Crippen molar-refractivity contribution in [2.75, 3.05) is 17.4 Å². The average Bonchev–Trinajstić information content (AvgIpc) is 2.88. The minimum absolute atomic E-state index is 0.0755. The fraction of sp³-hybridized carbons (Fsp3) is 0.333. The fourth-order valence-corrected chi connectivity index (χ4v) is 5.64. The van der Waals surface area contributed by atoms with Crippen molar-refractivity contribution >= 4 is 39.1 Å². The maximum Gasteiger partial charge on any atom is 0.264 e. The lowest BCUT2D eigenvalue weighted by atomic mass is 10.1. The highest BCUT2D eigenvalue weighted by Crippen LogP contribution is 2.26. The van der Waals surface area contributed by atoms with Gasteiger partial charge in [-0.2, -0.15) is 0 Å². The van der Waals surface area contributed by atoms with Crippen LogP contribution in [0.5, 0.6) is 0 Å². The predicted molar refractivity (Wildman–Crippen MR) is 156 cm³/mol. The Morgan fingerprint density at radius 1 is 0.897 bits per heavy atom. The molecule has 0 heterocycles. The van der Waals surface area contributed by atoms with Crippen molar-refractivity contribution in [2.45, 2.75) is 52.1 Å². The zero-order valence-corrected chi connectivity index (χ0v) is 24.6. The Hall–Kier alpha value is -3.36. The molecule has 39 heavy (non-hydrogen) atoms. The molecule has 7 nitrogen and oxygen atoms in total. The zero-order valence-electron chi connectivity index (χ0n) is 23.0. The van der Waals surface area contributed by atoms with E-state index in [1.165, 1.54) is 17.0 Å². The standard InChI is InChI=1S/C30H36ClN3O4S/c1-21(2)18-32-30(36)24(5)33(19-25-9-7-10-26(31)17-25)29(35)20-34(27-11-6-8-23(4)16-27)39(37,38)28-14-12-22(3)13-15-28/h6-17,21,24H,18-20H2,1-5H3,(H,32,36). The summed E-state index contributed by atoms with van der Waals surface area (Å²) in [6.45, 7) is 9.39. The monoisotopic (exact) mass is 569 g/mol. The number of carbonyl (C=O) groups excluding carboxylic acids is 2. The summed E-state index contributed by atoms with van der Waals surface area (Å²) < 4.78 is 28.8. The maximum absolute atomic E-state index is 13.9. The van der Waals surface area contributed by atoms with Crippen molar-refractivity contribution in [2.24, 2.45) is 5.92 Å². The topological polar surface area (TPSA) is 86.8 Å². The van der Waals surface area contributed by atoms with E-state index in [2.05, 4.69) is 5.32 Å². The first kappa shape index (κ1) is 30.2. The highest BCUT2D eigenvalue weighted by Gasteiger charge is 2.32. The molecule has 2 amide bonds. The van der Waals surface area contributed by atoms with Crippen LogP contribution >= 0.6 is 11.6 Å². The molecule has 0 saturated heterocycles. The fourth-order valence-electron chi connectivity index (χ4n) is 4.02. The van der Waals surface area contributed by atoms with Crippen molar-refractivity contribution < 1.29 is 18.0 Å². The number of anilines is 1. The molecule has 208 valence electrons. The molecule has 1 unspecified atom stereocenters. The van der Waals surface area contributed by atoms with Crippen LogP contribution in [-0.4, -0.2) is 44.3 Å². The first-order valence-electron chi connectivity index (χ1n) is 12.9. The van der Waals surface area contributed by atoms with Gasteiger partial charge in [-0.25, -0.2) is 8.42 Å². The summed E-state index contributed by atoms with van der Waals surface area (Å²) in [7, 11) is -4.10. The van der Waals surface area contributed by atoms with Crippen molar-refractivity contribution in [3.63, 3.8) is 0 Å². The molecule has 0 aliphatic heterocycles. The van der Waals surface area contributed by atoms with Crippen LogP contribution in [0.3, 0.4) is 0 Å². The summed E-state index contributed by atoms with van der Waals surface area (Å²) in [4.78, 5) is 28.4. The van der Waals surface area contributed by atoms with Gasteiger partial charge in [0.15, 0.2) is 0 Å². The molecule has 3 aromatic rings. The summed E-state index contributed by atoms with van der Waals surface area (Å²) in [5.74, 6) is -0.600. The Morgan fingerprint density at radius 2 is 1.56 bits per heavy atom. The van der Waals surface area contributed by atoms with Gasteiger partial charge in [0.25, 0.3) is 10.0 Å². The second-order valence-electron chi connectivity index (χ2n) is 10.1. The van der Waals surface area contributed by atoms with E-state index in [0.717, 1.165) is 21.0 Å². The third-order valence-corrected chi connectivity index (χ3v) is 8.29. The SMILES string of the molecule is Cc1ccc(S(=O)(=O)N(CC(=O)N(Cc2cccc(Cl)c2)C(C)C(=O)NCC(C)C)c2cccc(C)c2)cc1. The normalized spacial score (nSPS) is 12.2. The number of nitrogens with zero attached hydrogens (tertiary/aromatic N) is 2. The first-order chi connectivity index (χ1) is 18.4. The van der Waals surface area contributed by atoms with E-state index in [4.69, 9.17) is 11.6 Å². The number of amides is 2. The van der Waals surface area contributed by atoms with Crippen LogP contribution in [0.15, 0.2) is 77.7 Å². The number of rotatable bonds is 11. The van der Waals surface area contributed by atoms with E-state index in [0.29, 0.717) is 17.3 Å². The van der Waals surface area contributed by atoms with Gasteiger partial charge in [-0.3, -0.25) is 13.9 Å². The number of carbonyl (C=O) groups is 2. The Balaban J connectivity index is 2.01. The van der Waals surface area contributed by atoms with Crippen LogP contribution in [0.25, 0.3) is 0 Å². The van der Waals surface area contributed by atoms with Gasteiger partial charge in [0.1, 0.15) is 12.6 Å². The Kier molecular flexibility index (Phi) is 10.2. The number of hydrogen-bond donors (Lipinski definition) is 1. The molecule has 0 radical (unpaired) electrons. The van der Waals surface area contributed by atoms with Gasteiger partial charge in [0.2, 0.25) is 11.8 Å². The Bertz CT molecular complexity index is 1410. The molecule has 0 saturated carbocycles. The van der Waals surface area contributed by atoms with E-state index < -0.39 is 28.5 Å². The Labute approximate surface area is 236 Å². The van der Waals surface area contributed by atoms with Gasteiger partial charge < -0.3 is 10.2 Å². The molecule has 9 heteroatoms. The number of benzene rings is 3. The number of hydrogen-bond acceptors (Lipinski definition) is 4. The quantitative estimate of drug-likeness (QED) is 0.338. The minimum Gasteiger partial charge on any atom is -0.354 e. The highest BCUT2D eigenvalue weighted by atomic mass is 35.5. The van der Waals surface area contributed by atoms with Crippen molar-refractivity contribution in [3.05, 3.63) is 94.5 Å². The van der Waals surface area contributed by atoms with Crippen LogP contribution in [0.2, 0.25) is 5.02 Å². The highest BCUT2D eigenvalue weighted by molar-refractivity contribution is 7.92. The van der Waals surface area contributed by atoms with E-state index in [9.17, 15) is 18.0 Å². The Morgan fingerprint density at radius 3 is 2.18 bits per heavy atom. The third-order valence-electron chi connectivity index (χ3n) is 6.27. The zero-order chi connectivity index (χ0) is 28.7. The lowest BCUT2D eigenvalue weighted by Crippen LogP contribution is -2.51. The van der Waals surface area contributed by atoms with Crippen molar-refractivity contribution in [3.8, 4) is 0 Å². The molecule has 1 atom stereocenters. The van der Waals surface area contributed by atoms with Crippen LogP contribution in [0.1, 0.15) is 37.5 Å².